The van der Waals surface area contributed by atoms with Gasteiger partial charge in [-0.1, -0.05) is 212 Å². The topological polar surface area (TPSA) is 105 Å². The van der Waals surface area contributed by atoms with Gasteiger partial charge in [0.25, 0.3) is 0 Å². The molecule has 0 aliphatic heterocycles. The first-order valence-electron chi connectivity index (χ1n) is 25.2. The largest absolute Gasteiger partial charge is 0.472 e. The summed E-state index contributed by atoms with van der Waals surface area (Å²) in [5.74, 6) is -0.147. The van der Waals surface area contributed by atoms with Crippen molar-refractivity contribution in [3.05, 3.63) is 24.3 Å². The van der Waals surface area contributed by atoms with Gasteiger partial charge in [0.1, 0.15) is 13.2 Å². The van der Waals surface area contributed by atoms with Gasteiger partial charge in [-0.2, -0.15) is 0 Å². The van der Waals surface area contributed by atoms with Crippen LogP contribution in [-0.4, -0.2) is 73.4 Å². The highest BCUT2D eigenvalue weighted by Gasteiger charge is 2.28. The molecule has 0 rings (SSSR count). The molecule has 350 valence electrons. The number of nitrogens with zero attached hydrogens (tertiary/aromatic N) is 1. The van der Waals surface area contributed by atoms with Crippen molar-refractivity contribution in [3.8, 4) is 0 Å². The van der Waals surface area contributed by atoms with Crippen molar-refractivity contribution in [2.24, 2.45) is 0 Å². The highest BCUT2D eigenvalue weighted by Crippen LogP contribution is 2.43. The van der Waals surface area contributed by atoms with Gasteiger partial charge < -0.3 is 19.8 Å². The number of aliphatic hydroxyl groups excluding tert-OH is 1. The second-order valence-corrected chi connectivity index (χ2v) is 20.0. The van der Waals surface area contributed by atoms with Gasteiger partial charge >= 0.3 is 7.82 Å². The molecule has 3 unspecified atom stereocenters. The molecule has 0 aromatic rings. The van der Waals surface area contributed by atoms with Gasteiger partial charge in [-0.05, 0) is 44.9 Å². The molecule has 0 radical (unpaired) electrons. The van der Waals surface area contributed by atoms with Crippen molar-refractivity contribution in [1.82, 2.24) is 5.32 Å². The Balaban J connectivity index is 3.85. The molecule has 3 N–H and O–H groups in total. The number of carbonyl (C=O) groups is 1. The Bertz CT molecular complexity index is 1020. The molecular weight excluding hydrogens is 756 g/mol. The molecule has 8 nitrogen and oxygen atoms in total. The molecule has 0 heterocycles. The number of carbonyl (C=O) groups excluding carboxylic acids is 1. The summed E-state index contributed by atoms with van der Waals surface area (Å²) in [5, 5.41) is 13.8. The molecule has 0 saturated carbocycles. The SMILES string of the molecule is CCCCCCC/C=C\C/C=C\CCCCCCCCCCCCCCCCCCCCCC(=O)NC(COP(=O)(O)OCC[N+](C)(C)C)C(O)CCCCCCCC. The average molecular weight is 856 g/mol. The van der Waals surface area contributed by atoms with Crippen LogP contribution in [0.15, 0.2) is 24.3 Å². The quantitative estimate of drug-likeness (QED) is 0.0244. The van der Waals surface area contributed by atoms with Crippen LogP contribution < -0.4 is 5.32 Å². The number of unbranched alkanes of at least 4 members (excludes halogenated alkanes) is 29. The number of phosphoric ester groups is 1. The van der Waals surface area contributed by atoms with Crippen molar-refractivity contribution >= 4 is 13.7 Å². The summed E-state index contributed by atoms with van der Waals surface area (Å²) in [6.07, 6.45) is 51.3. The van der Waals surface area contributed by atoms with Crippen LogP contribution in [0.5, 0.6) is 0 Å². The van der Waals surface area contributed by atoms with E-state index in [0.717, 1.165) is 44.9 Å². The summed E-state index contributed by atoms with van der Waals surface area (Å²) in [6, 6.07) is -0.754. The van der Waals surface area contributed by atoms with E-state index in [-0.39, 0.29) is 19.1 Å². The molecule has 0 spiro atoms. The zero-order chi connectivity index (χ0) is 43.6. The van der Waals surface area contributed by atoms with Gasteiger partial charge in [0, 0.05) is 6.42 Å². The first-order valence-corrected chi connectivity index (χ1v) is 26.7. The van der Waals surface area contributed by atoms with Crippen LogP contribution in [0, 0.1) is 0 Å². The zero-order valence-corrected chi connectivity index (χ0v) is 40.7. The van der Waals surface area contributed by atoms with E-state index >= 15 is 0 Å². The minimum absolute atomic E-state index is 0.0757. The summed E-state index contributed by atoms with van der Waals surface area (Å²) in [6.45, 7) is 4.82. The molecule has 0 aromatic carbocycles. The standard InChI is InChI=1S/C50H99N2O6P/c1-6-8-10-12-14-15-16-17-18-19-20-21-22-23-24-25-26-27-28-29-30-31-32-33-34-35-36-37-38-40-42-44-50(54)51-48(49(53)43-41-39-13-11-9-7-2)47-58-59(55,56)57-46-45-52(3,4)5/h16-17,19-20,48-49,53H,6-15,18,21-47H2,1-5H3,(H-,51,54,55,56)/p+1/b17-16-,20-19-. The molecule has 0 bridgehead atoms. The maximum absolute atomic E-state index is 12.8. The van der Waals surface area contributed by atoms with Crippen LogP contribution in [0.4, 0.5) is 0 Å². The maximum atomic E-state index is 12.8. The highest BCUT2D eigenvalue weighted by molar-refractivity contribution is 7.47. The molecule has 3 atom stereocenters. The lowest BCUT2D eigenvalue weighted by Crippen LogP contribution is -2.46. The first kappa shape index (κ1) is 58.0. The van der Waals surface area contributed by atoms with Gasteiger partial charge in [0.05, 0.1) is 39.9 Å². The van der Waals surface area contributed by atoms with E-state index in [4.69, 9.17) is 9.05 Å². The van der Waals surface area contributed by atoms with Crippen molar-refractivity contribution in [2.45, 2.75) is 251 Å². The summed E-state index contributed by atoms with van der Waals surface area (Å²) in [5.41, 5.74) is 0. The monoisotopic (exact) mass is 856 g/mol. The highest BCUT2D eigenvalue weighted by atomic mass is 31.2. The second-order valence-electron chi connectivity index (χ2n) is 18.5. The number of nitrogens with one attached hydrogen (secondary N) is 1. The van der Waals surface area contributed by atoms with E-state index in [2.05, 4.69) is 43.5 Å². The predicted octanol–water partition coefficient (Wildman–Crippen LogP) is 14.5. The summed E-state index contributed by atoms with van der Waals surface area (Å²) in [7, 11) is 1.62. The molecule has 0 fully saturated rings. The molecule has 9 heteroatoms. The van der Waals surface area contributed by atoms with E-state index in [1.165, 1.54) is 167 Å². The minimum atomic E-state index is -4.30. The average Bonchev–Trinajstić information content (AvgIpc) is 3.19. The third-order valence-electron chi connectivity index (χ3n) is 11.5. The Kier molecular flexibility index (Phi) is 41.6. The van der Waals surface area contributed by atoms with Crippen molar-refractivity contribution in [3.63, 3.8) is 0 Å². The van der Waals surface area contributed by atoms with Gasteiger partial charge in [-0.15, -0.1) is 0 Å². The second kappa shape index (κ2) is 42.3. The summed E-state index contributed by atoms with van der Waals surface area (Å²) < 4.78 is 23.5. The third-order valence-corrected chi connectivity index (χ3v) is 12.4. The Morgan fingerprint density at radius 1 is 0.576 bits per heavy atom. The van der Waals surface area contributed by atoms with E-state index < -0.39 is 20.0 Å². The minimum Gasteiger partial charge on any atom is -0.391 e. The molecule has 1 amide bonds. The number of allylic oxidation sites excluding steroid dienone is 4. The fourth-order valence-corrected chi connectivity index (χ4v) is 8.17. The smallest absolute Gasteiger partial charge is 0.391 e. The lowest BCUT2D eigenvalue weighted by Gasteiger charge is -2.26. The molecular formula is C50H100N2O6P+. The van der Waals surface area contributed by atoms with Crippen LogP contribution in [-0.2, 0) is 18.4 Å². The first-order chi connectivity index (χ1) is 28.5. The third kappa shape index (κ3) is 44.8. The van der Waals surface area contributed by atoms with E-state index in [1.54, 1.807) is 0 Å². The zero-order valence-electron chi connectivity index (χ0n) is 39.8. The summed E-state index contributed by atoms with van der Waals surface area (Å²) >= 11 is 0. The van der Waals surface area contributed by atoms with E-state index in [0.29, 0.717) is 23.9 Å². The molecule has 0 aliphatic carbocycles. The predicted molar refractivity (Wildman–Crippen MR) is 254 cm³/mol. The fraction of sp³-hybridized carbons (Fsp3) is 0.900. The number of hydrogen-bond acceptors (Lipinski definition) is 5. The van der Waals surface area contributed by atoms with Crippen LogP contribution in [0.3, 0.4) is 0 Å². The van der Waals surface area contributed by atoms with E-state index in [9.17, 15) is 19.4 Å². The van der Waals surface area contributed by atoms with Crippen LogP contribution in [0.1, 0.15) is 239 Å². The fourth-order valence-electron chi connectivity index (χ4n) is 7.43. The van der Waals surface area contributed by atoms with Crippen LogP contribution in [0.2, 0.25) is 0 Å². The number of quaternary nitrogens is 1. The van der Waals surface area contributed by atoms with Gasteiger partial charge in [0.2, 0.25) is 5.91 Å². The number of phosphoric acid groups is 1. The number of aliphatic hydroxyl groups is 1. The number of amides is 1. The Morgan fingerprint density at radius 2 is 0.966 bits per heavy atom. The van der Waals surface area contributed by atoms with Gasteiger partial charge in [0.15, 0.2) is 0 Å². The van der Waals surface area contributed by atoms with Crippen molar-refractivity contribution in [2.75, 3.05) is 40.9 Å². The van der Waals surface area contributed by atoms with E-state index in [1.807, 2.05) is 21.1 Å². The molecule has 0 saturated heterocycles. The maximum Gasteiger partial charge on any atom is 0.472 e. The molecule has 0 aliphatic rings. The van der Waals surface area contributed by atoms with Crippen LogP contribution >= 0.6 is 7.82 Å². The lowest BCUT2D eigenvalue weighted by atomic mass is 10.0. The molecule has 59 heavy (non-hydrogen) atoms. The number of hydrogen-bond donors (Lipinski definition) is 3. The van der Waals surface area contributed by atoms with Crippen molar-refractivity contribution < 1.29 is 32.9 Å². The van der Waals surface area contributed by atoms with Crippen LogP contribution in [0.25, 0.3) is 0 Å². The Hall–Kier alpha value is -1.02. The Morgan fingerprint density at radius 3 is 1.39 bits per heavy atom. The molecule has 0 aromatic heterocycles. The number of rotatable bonds is 46. The summed E-state index contributed by atoms with van der Waals surface area (Å²) in [4.78, 5) is 23.0. The lowest BCUT2D eigenvalue weighted by molar-refractivity contribution is -0.870. The number of likely N-dealkylation sites (N-methyl/N-ethyl adjacent to an activating group) is 1. The Labute approximate surface area is 366 Å². The van der Waals surface area contributed by atoms with Crippen molar-refractivity contribution in [1.29, 1.82) is 0 Å². The normalized spacial score (nSPS) is 14.4. The van der Waals surface area contributed by atoms with Gasteiger partial charge in [-0.3, -0.25) is 13.8 Å². The van der Waals surface area contributed by atoms with Gasteiger partial charge in [-0.25, -0.2) is 4.57 Å².